The molecule has 2 heterocycles. The monoisotopic (exact) mass is 533 g/mol. The smallest absolute Gasteiger partial charge is 0.272 e. The van der Waals surface area contributed by atoms with Gasteiger partial charge in [-0.25, -0.2) is 8.42 Å². The van der Waals surface area contributed by atoms with Crippen LogP contribution in [0.4, 0.5) is 5.82 Å². The average Bonchev–Trinajstić information content (AvgIpc) is 3.41. The molecule has 2 aromatic carbocycles. The van der Waals surface area contributed by atoms with Crippen LogP contribution in [0.1, 0.15) is 18.1 Å². The number of hydrogen-bond donors (Lipinski definition) is 3. The van der Waals surface area contributed by atoms with Gasteiger partial charge in [0.2, 0.25) is 5.91 Å². The molecular formula is C23H24ClN5O4S2. The molecule has 2 aromatic heterocycles. The summed E-state index contributed by atoms with van der Waals surface area (Å²) in [6.07, 6.45) is 0. The normalized spacial score (nSPS) is 12.5. The lowest BCUT2D eigenvalue weighted by atomic mass is 10.1. The Morgan fingerprint density at radius 3 is 2.63 bits per heavy atom. The van der Waals surface area contributed by atoms with Crippen molar-refractivity contribution in [2.75, 3.05) is 11.8 Å². The van der Waals surface area contributed by atoms with Crippen LogP contribution in [-0.2, 0) is 27.9 Å². The van der Waals surface area contributed by atoms with E-state index < -0.39 is 22.0 Å². The molecule has 4 rings (SSSR count). The number of sulfonamides is 1. The number of rotatable bonds is 10. The molecule has 1 amide bonds. The number of nitrogens with two attached hydrogens (primary N) is 1. The first-order valence-corrected chi connectivity index (χ1v) is 13.3. The second kappa shape index (κ2) is 10.2. The number of hydrogen-bond acceptors (Lipinski definition) is 7. The summed E-state index contributed by atoms with van der Waals surface area (Å²) in [6.45, 7) is 2.57. The zero-order valence-electron chi connectivity index (χ0n) is 19.0. The van der Waals surface area contributed by atoms with E-state index >= 15 is 0 Å². The first kappa shape index (κ1) is 25.0. The van der Waals surface area contributed by atoms with Gasteiger partial charge in [0.1, 0.15) is 9.96 Å². The highest BCUT2D eigenvalue weighted by molar-refractivity contribution is 7.94. The predicted octanol–water partition coefficient (Wildman–Crippen LogP) is 3.57. The summed E-state index contributed by atoms with van der Waals surface area (Å²) < 4.78 is 36.2. The van der Waals surface area contributed by atoms with Gasteiger partial charge in [-0.3, -0.25) is 14.2 Å². The molecule has 12 heteroatoms. The van der Waals surface area contributed by atoms with Gasteiger partial charge in [-0.15, -0.1) is 11.3 Å². The third-order valence-corrected chi connectivity index (χ3v) is 8.43. The van der Waals surface area contributed by atoms with Crippen LogP contribution < -0.4 is 20.5 Å². The topological polar surface area (TPSA) is 128 Å². The number of nitrogens with zero attached hydrogens (tertiary/aromatic N) is 2. The number of nitrogens with one attached hydrogen (secondary N) is 2. The highest BCUT2D eigenvalue weighted by Gasteiger charge is 2.23. The fourth-order valence-corrected chi connectivity index (χ4v) is 6.05. The van der Waals surface area contributed by atoms with Crippen LogP contribution in [0.3, 0.4) is 0 Å². The molecule has 0 saturated carbocycles. The summed E-state index contributed by atoms with van der Waals surface area (Å²) in [7, 11) is -2.37. The first-order chi connectivity index (χ1) is 16.7. The lowest BCUT2D eigenvalue weighted by Crippen LogP contribution is -2.38. The molecule has 4 N–H and O–H groups in total. The minimum atomic E-state index is -3.89. The molecule has 35 heavy (non-hydrogen) atoms. The number of fused-ring (bicyclic) bond motifs is 1. The predicted molar refractivity (Wildman–Crippen MR) is 137 cm³/mol. The fourth-order valence-electron chi connectivity index (χ4n) is 3.56. The van der Waals surface area contributed by atoms with Crippen LogP contribution in [0, 0.1) is 0 Å². The number of carbonyl (C=O) groups excluding carboxylic acids is 1. The lowest BCUT2D eigenvalue weighted by molar-refractivity contribution is -0.119. The van der Waals surface area contributed by atoms with Gasteiger partial charge in [-0.1, -0.05) is 41.9 Å². The van der Waals surface area contributed by atoms with Crippen molar-refractivity contribution < 1.29 is 17.9 Å². The molecule has 0 spiro atoms. The van der Waals surface area contributed by atoms with Gasteiger partial charge in [0, 0.05) is 6.54 Å². The molecule has 0 aliphatic heterocycles. The molecule has 9 nitrogen and oxygen atoms in total. The average molecular weight is 534 g/mol. The fraction of sp³-hybridized carbons (Fsp3) is 0.217. The van der Waals surface area contributed by atoms with Crippen LogP contribution in [0.2, 0.25) is 4.34 Å². The van der Waals surface area contributed by atoms with E-state index in [1.807, 2.05) is 36.4 Å². The van der Waals surface area contributed by atoms with E-state index in [-0.39, 0.29) is 10.0 Å². The van der Waals surface area contributed by atoms with E-state index in [4.69, 9.17) is 22.1 Å². The van der Waals surface area contributed by atoms with Crippen molar-refractivity contribution in [3.8, 4) is 5.75 Å². The number of methoxy groups -OCH3 is 1. The van der Waals surface area contributed by atoms with Crippen LogP contribution in [0.5, 0.6) is 5.75 Å². The number of aromatic nitrogens is 2. The Kier molecular flexibility index (Phi) is 7.31. The third kappa shape index (κ3) is 5.59. The maximum Gasteiger partial charge on any atom is 0.272 e. The summed E-state index contributed by atoms with van der Waals surface area (Å²) in [4.78, 5) is 11.3. The molecule has 184 valence electrons. The van der Waals surface area contributed by atoms with Crippen LogP contribution in [0.25, 0.3) is 10.9 Å². The molecule has 1 atom stereocenters. The van der Waals surface area contributed by atoms with E-state index in [0.717, 1.165) is 22.5 Å². The van der Waals surface area contributed by atoms with Crippen molar-refractivity contribution in [3.05, 3.63) is 70.1 Å². The van der Waals surface area contributed by atoms with E-state index in [1.54, 1.807) is 17.7 Å². The van der Waals surface area contributed by atoms with Crippen molar-refractivity contribution in [2.45, 2.75) is 30.3 Å². The van der Waals surface area contributed by atoms with Gasteiger partial charge in [-0.2, -0.15) is 5.10 Å². The number of primary amides is 1. The molecular weight excluding hydrogens is 510 g/mol. The summed E-state index contributed by atoms with van der Waals surface area (Å²) in [5.41, 5.74) is 7.94. The van der Waals surface area contributed by atoms with Crippen molar-refractivity contribution in [1.29, 1.82) is 0 Å². The van der Waals surface area contributed by atoms with Gasteiger partial charge in [0.05, 0.1) is 34.9 Å². The van der Waals surface area contributed by atoms with Gasteiger partial charge in [0.15, 0.2) is 5.82 Å². The highest BCUT2D eigenvalue weighted by Crippen LogP contribution is 2.35. The first-order valence-electron chi connectivity index (χ1n) is 10.6. The Hall–Kier alpha value is -3.12. The summed E-state index contributed by atoms with van der Waals surface area (Å²) >= 11 is 6.90. The molecule has 0 radical (unpaired) electrons. The Morgan fingerprint density at radius 2 is 1.94 bits per heavy atom. The lowest BCUT2D eigenvalue weighted by Gasteiger charge is -2.11. The van der Waals surface area contributed by atoms with Crippen LogP contribution in [0.15, 0.2) is 58.8 Å². The minimum absolute atomic E-state index is 0.0884. The van der Waals surface area contributed by atoms with E-state index in [0.29, 0.717) is 34.1 Å². The van der Waals surface area contributed by atoms with Gasteiger partial charge in [0.25, 0.3) is 10.0 Å². The molecule has 0 unspecified atom stereocenters. The SMILES string of the molecule is COc1cccc2c1c(NS(=O)(=O)c1ccc(Cl)s1)nn2Cc1cccc(CN[C@H](C)C(N)=O)c1. The Bertz CT molecular complexity index is 1480. The zero-order valence-corrected chi connectivity index (χ0v) is 21.4. The third-order valence-electron chi connectivity index (χ3n) is 5.37. The largest absolute Gasteiger partial charge is 0.496 e. The number of anilines is 1. The number of amides is 1. The standard InChI is InChI=1S/C23H24ClN5O4S2/c1-14(22(25)30)26-12-15-5-3-6-16(11-15)13-29-17-7-4-8-18(33-2)21(17)23(27-29)28-35(31,32)20-10-9-19(24)34-20/h3-11,14,26H,12-13H2,1-2H3,(H2,25,30)(H,27,28)/t14-/m1/s1. The van der Waals surface area contributed by atoms with Gasteiger partial charge >= 0.3 is 0 Å². The maximum absolute atomic E-state index is 13.0. The van der Waals surface area contributed by atoms with Gasteiger partial charge < -0.3 is 15.8 Å². The molecule has 0 saturated heterocycles. The maximum atomic E-state index is 13.0. The number of ether oxygens (including phenoxy) is 1. The van der Waals surface area contributed by atoms with Crippen LogP contribution in [-0.4, -0.2) is 37.3 Å². The van der Waals surface area contributed by atoms with Crippen LogP contribution >= 0.6 is 22.9 Å². The van der Waals surface area contributed by atoms with E-state index in [1.165, 1.54) is 19.2 Å². The molecule has 4 aromatic rings. The summed E-state index contributed by atoms with van der Waals surface area (Å²) in [5.74, 6) is 0.238. The molecule has 0 aliphatic carbocycles. The van der Waals surface area contributed by atoms with Crippen molar-refractivity contribution in [2.24, 2.45) is 5.73 Å². The Morgan fingerprint density at radius 1 is 1.20 bits per heavy atom. The van der Waals surface area contributed by atoms with Crippen molar-refractivity contribution in [3.63, 3.8) is 0 Å². The summed E-state index contributed by atoms with van der Waals surface area (Å²) in [6, 6.07) is 15.8. The van der Waals surface area contributed by atoms with Crippen molar-refractivity contribution >= 4 is 55.6 Å². The molecule has 0 aliphatic rings. The Balaban J connectivity index is 1.67. The molecule has 0 fully saturated rings. The molecule has 0 bridgehead atoms. The number of carbonyl (C=O) groups is 1. The van der Waals surface area contributed by atoms with E-state index in [2.05, 4.69) is 15.1 Å². The second-order valence-corrected chi connectivity index (χ2v) is 11.5. The van der Waals surface area contributed by atoms with Gasteiger partial charge in [-0.05, 0) is 42.3 Å². The zero-order chi connectivity index (χ0) is 25.2. The summed E-state index contributed by atoms with van der Waals surface area (Å²) in [5, 5.41) is 8.21. The highest BCUT2D eigenvalue weighted by atomic mass is 35.5. The van der Waals surface area contributed by atoms with Crippen molar-refractivity contribution in [1.82, 2.24) is 15.1 Å². The number of halogens is 1. The minimum Gasteiger partial charge on any atom is -0.496 e. The second-order valence-electron chi connectivity index (χ2n) is 7.85. The number of thiophene rings is 1. The Labute approximate surface area is 211 Å². The quantitative estimate of drug-likeness (QED) is 0.286. The number of benzene rings is 2. The van der Waals surface area contributed by atoms with E-state index in [9.17, 15) is 13.2 Å².